The molecule has 0 saturated carbocycles. The van der Waals surface area contributed by atoms with Crippen molar-refractivity contribution in [3.63, 3.8) is 0 Å². The number of amides is 1. The third kappa shape index (κ3) is 2.39. The predicted octanol–water partition coefficient (Wildman–Crippen LogP) is 2.83. The first-order valence-corrected chi connectivity index (χ1v) is 6.41. The average Bonchev–Trinajstić information content (AvgIpc) is 2.76. The maximum absolute atomic E-state index is 12.5. The van der Waals surface area contributed by atoms with Crippen molar-refractivity contribution in [3.05, 3.63) is 46.8 Å². The van der Waals surface area contributed by atoms with Crippen LogP contribution < -0.4 is 0 Å². The summed E-state index contributed by atoms with van der Waals surface area (Å²) in [4.78, 5) is 14.1. The number of carbonyl (C=O) groups excluding carboxylic acids is 1. The van der Waals surface area contributed by atoms with Crippen molar-refractivity contribution in [1.82, 2.24) is 10.1 Å². The lowest BCUT2D eigenvalue weighted by molar-refractivity contribution is 0.0739. The normalized spacial score (nSPS) is 12.2. The summed E-state index contributed by atoms with van der Waals surface area (Å²) >= 11 is 0. The molecule has 5 heteroatoms. The van der Waals surface area contributed by atoms with Crippen molar-refractivity contribution in [1.29, 1.82) is 0 Å². The lowest BCUT2D eigenvalue weighted by atomic mass is 10.0. The largest absolute Gasteiger partial charge is 0.508 e. The van der Waals surface area contributed by atoms with Crippen LogP contribution in [-0.4, -0.2) is 28.1 Å². The molecule has 0 saturated heterocycles. The van der Waals surface area contributed by atoms with E-state index in [1.807, 2.05) is 13.0 Å². The number of phenolic OH excluding ortho intramolecular Hbond substituents is 1. The fourth-order valence-corrected chi connectivity index (χ4v) is 2.19. The molecule has 0 fully saturated rings. The van der Waals surface area contributed by atoms with Crippen LogP contribution in [-0.2, 0) is 0 Å². The van der Waals surface area contributed by atoms with Crippen LogP contribution >= 0.6 is 0 Å². The Hall–Kier alpha value is -2.30. The molecule has 1 aromatic carbocycles. The Labute approximate surface area is 117 Å². The molecule has 0 aliphatic carbocycles. The van der Waals surface area contributed by atoms with Gasteiger partial charge in [-0.1, -0.05) is 23.4 Å². The molecule has 5 nitrogen and oxygen atoms in total. The number of nitrogens with zero attached hydrogens (tertiary/aromatic N) is 2. The number of phenols is 1. The number of benzene rings is 1. The number of aryl methyl sites for hydroxylation is 2. The van der Waals surface area contributed by atoms with Gasteiger partial charge in [0.2, 0.25) is 0 Å². The van der Waals surface area contributed by atoms with Gasteiger partial charge in [0.1, 0.15) is 17.1 Å². The molecule has 2 aromatic rings. The Morgan fingerprint density at radius 2 is 2.00 bits per heavy atom. The molecular formula is C15H18N2O3. The SMILES string of the molecule is Cc1noc(C)c1C(=O)N(C)C(C)c1ccccc1O. The van der Waals surface area contributed by atoms with E-state index in [1.165, 1.54) is 0 Å². The van der Waals surface area contributed by atoms with Gasteiger partial charge in [0.05, 0.1) is 11.7 Å². The summed E-state index contributed by atoms with van der Waals surface area (Å²) in [6.07, 6.45) is 0. The zero-order chi connectivity index (χ0) is 14.9. The van der Waals surface area contributed by atoms with Crippen molar-refractivity contribution in [3.8, 4) is 5.75 Å². The van der Waals surface area contributed by atoms with Crippen LogP contribution in [0.2, 0.25) is 0 Å². The molecule has 1 unspecified atom stereocenters. The van der Waals surface area contributed by atoms with E-state index < -0.39 is 0 Å². The first kappa shape index (κ1) is 14.1. The van der Waals surface area contributed by atoms with Gasteiger partial charge in [-0.2, -0.15) is 0 Å². The fraction of sp³-hybridized carbons (Fsp3) is 0.333. The molecule has 0 aliphatic rings. The van der Waals surface area contributed by atoms with E-state index in [0.717, 1.165) is 0 Å². The van der Waals surface area contributed by atoms with Gasteiger partial charge in [-0.05, 0) is 26.8 Å². The molecule has 106 valence electrons. The van der Waals surface area contributed by atoms with Gasteiger partial charge in [0.25, 0.3) is 5.91 Å². The summed E-state index contributed by atoms with van der Waals surface area (Å²) in [5, 5.41) is 13.7. The molecular weight excluding hydrogens is 256 g/mol. The smallest absolute Gasteiger partial charge is 0.259 e. The monoisotopic (exact) mass is 274 g/mol. The van der Waals surface area contributed by atoms with E-state index in [1.54, 1.807) is 44.0 Å². The fourth-order valence-electron chi connectivity index (χ4n) is 2.19. The van der Waals surface area contributed by atoms with Crippen LogP contribution in [0, 0.1) is 13.8 Å². The van der Waals surface area contributed by atoms with E-state index in [4.69, 9.17) is 4.52 Å². The van der Waals surface area contributed by atoms with E-state index in [0.29, 0.717) is 22.6 Å². The Morgan fingerprint density at radius 1 is 1.35 bits per heavy atom. The standard InChI is InChI=1S/C15H18N2O3/c1-9-14(11(3)20-16-9)15(19)17(4)10(2)12-7-5-6-8-13(12)18/h5-8,10,18H,1-4H3. The lowest BCUT2D eigenvalue weighted by Crippen LogP contribution is -2.30. The summed E-state index contributed by atoms with van der Waals surface area (Å²) in [6.45, 7) is 5.32. The number of aromatic nitrogens is 1. The quantitative estimate of drug-likeness (QED) is 0.934. The van der Waals surface area contributed by atoms with Crippen LogP contribution in [0.1, 0.15) is 40.3 Å². The Bertz CT molecular complexity index is 614. The van der Waals surface area contributed by atoms with Gasteiger partial charge in [0.15, 0.2) is 0 Å². The molecule has 0 aliphatic heterocycles. The van der Waals surface area contributed by atoms with E-state index in [9.17, 15) is 9.90 Å². The van der Waals surface area contributed by atoms with Gasteiger partial charge >= 0.3 is 0 Å². The van der Waals surface area contributed by atoms with Crippen molar-refractivity contribution >= 4 is 5.91 Å². The highest BCUT2D eigenvalue weighted by Gasteiger charge is 2.25. The minimum Gasteiger partial charge on any atom is -0.508 e. The third-order valence-electron chi connectivity index (χ3n) is 3.54. The molecule has 1 N–H and O–H groups in total. The molecule has 0 spiro atoms. The van der Waals surface area contributed by atoms with Crippen LogP contribution in [0.5, 0.6) is 5.75 Å². The summed E-state index contributed by atoms with van der Waals surface area (Å²) in [5.41, 5.74) is 1.76. The molecule has 0 bridgehead atoms. The molecule has 1 aromatic heterocycles. The highest BCUT2D eigenvalue weighted by Crippen LogP contribution is 2.28. The minimum absolute atomic E-state index is 0.169. The maximum Gasteiger partial charge on any atom is 0.259 e. The second-order valence-corrected chi connectivity index (χ2v) is 4.85. The zero-order valence-electron chi connectivity index (χ0n) is 12.0. The van der Waals surface area contributed by atoms with Gasteiger partial charge in [-0.15, -0.1) is 0 Å². The Balaban J connectivity index is 2.30. The second kappa shape index (κ2) is 5.36. The Kier molecular flexibility index (Phi) is 3.79. The number of rotatable bonds is 3. The minimum atomic E-state index is -0.252. The molecule has 1 atom stereocenters. The van der Waals surface area contributed by atoms with Crippen molar-refractivity contribution in [2.24, 2.45) is 0 Å². The van der Waals surface area contributed by atoms with Crippen molar-refractivity contribution in [2.75, 3.05) is 7.05 Å². The summed E-state index contributed by atoms with van der Waals surface area (Å²) in [6, 6.07) is 6.75. The highest BCUT2D eigenvalue weighted by atomic mass is 16.5. The van der Waals surface area contributed by atoms with E-state index in [-0.39, 0.29) is 17.7 Å². The summed E-state index contributed by atoms with van der Waals surface area (Å²) in [7, 11) is 1.70. The molecule has 2 rings (SSSR count). The number of carbonyl (C=O) groups is 1. The van der Waals surface area contributed by atoms with Crippen LogP contribution in [0.25, 0.3) is 0 Å². The number of hydrogen-bond donors (Lipinski definition) is 1. The zero-order valence-corrected chi connectivity index (χ0v) is 12.0. The van der Waals surface area contributed by atoms with Crippen molar-refractivity contribution < 1.29 is 14.4 Å². The number of hydrogen-bond acceptors (Lipinski definition) is 4. The van der Waals surface area contributed by atoms with E-state index in [2.05, 4.69) is 5.16 Å². The topological polar surface area (TPSA) is 66.6 Å². The van der Waals surface area contributed by atoms with Crippen LogP contribution in [0.3, 0.4) is 0 Å². The molecule has 1 amide bonds. The summed E-state index contributed by atoms with van der Waals surface area (Å²) in [5.74, 6) is 0.513. The summed E-state index contributed by atoms with van der Waals surface area (Å²) < 4.78 is 5.03. The molecule has 20 heavy (non-hydrogen) atoms. The highest BCUT2D eigenvalue weighted by molar-refractivity contribution is 5.96. The Morgan fingerprint density at radius 3 is 2.55 bits per heavy atom. The number of para-hydroxylation sites is 1. The van der Waals surface area contributed by atoms with Crippen LogP contribution in [0.4, 0.5) is 0 Å². The third-order valence-corrected chi connectivity index (χ3v) is 3.54. The molecule has 1 heterocycles. The number of aromatic hydroxyl groups is 1. The first-order chi connectivity index (χ1) is 9.43. The van der Waals surface area contributed by atoms with Gasteiger partial charge < -0.3 is 14.5 Å². The van der Waals surface area contributed by atoms with Gasteiger partial charge in [0, 0.05) is 12.6 Å². The molecule has 0 radical (unpaired) electrons. The maximum atomic E-state index is 12.5. The van der Waals surface area contributed by atoms with Gasteiger partial charge in [-0.3, -0.25) is 4.79 Å². The first-order valence-electron chi connectivity index (χ1n) is 6.41. The average molecular weight is 274 g/mol. The second-order valence-electron chi connectivity index (χ2n) is 4.85. The predicted molar refractivity (Wildman–Crippen MR) is 74.6 cm³/mol. The van der Waals surface area contributed by atoms with Crippen molar-refractivity contribution in [2.45, 2.75) is 26.8 Å². The van der Waals surface area contributed by atoms with E-state index >= 15 is 0 Å². The van der Waals surface area contributed by atoms with Gasteiger partial charge in [-0.25, -0.2) is 0 Å². The lowest BCUT2D eigenvalue weighted by Gasteiger charge is -2.25. The van der Waals surface area contributed by atoms with Crippen LogP contribution in [0.15, 0.2) is 28.8 Å².